The first-order chi connectivity index (χ1) is 8.59. The number of hydrogen-bond acceptors (Lipinski definition) is 2. The molecule has 0 bridgehead atoms. The monoisotopic (exact) mass is 238 g/mol. The average Bonchev–Trinajstić information content (AvgIpc) is 2.31. The van der Waals surface area contributed by atoms with Crippen molar-refractivity contribution >= 4 is 12.2 Å². The van der Waals surface area contributed by atoms with Crippen LogP contribution in [0.1, 0.15) is 33.4 Å². The smallest absolute Gasteiger partial charge is 0.0303 e. The van der Waals surface area contributed by atoms with Gasteiger partial charge in [-0.25, -0.2) is 0 Å². The zero-order valence-electron chi connectivity index (χ0n) is 11.4. The van der Waals surface area contributed by atoms with Gasteiger partial charge >= 0.3 is 0 Å². The van der Waals surface area contributed by atoms with Gasteiger partial charge in [-0.05, 0) is 61.1 Å². The molecule has 2 aromatic heterocycles. The summed E-state index contributed by atoms with van der Waals surface area (Å²) in [6.45, 7) is 8.36. The van der Waals surface area contributed by atoms with Crippen LogP contribution in [0.5, 0.6) is 0 Å². The SMILES string of the molecule is Cc1cncc(C)c1/C=C/c1c(C)cncc1C. The fraction of sp³-hybridized carbons (Fsp3) is 0.250. The minimum Gasteiger partial charge on any atom is -0.264 e. The van der Waals surface area contributed by atoms with Gasteiger partial charge in [-0.1, -0.05) is 12.2 Å². The minimum atomic E-state index is 1.20. The summed E-state index contributed by atoms with van der Waals surface area (Å²) in [5.41, 5.74) is 7.32. The van der Waals surface area contributed by atoms with Crippen LogP contribution >= 0.6 is 0 Å². The number of rotatable bonds is 2. The van der Waals surface area contributed by atoms with Crippen LogP contribution in [-0.2, 0) is 0 Å². The van der Waals surface area contributed by atoms with Gasteiger partial charge in [0.25, 0.3) is 0 Å². The molecule has 2 heteroatoms. The summed E-state index contributed by atoms with van der Waals surface area (Å²) >= 11 is 0. The second kappa shape index (κ2) is 5.13. The van der Waals surface area contributed by atoms with Gasteiger partial charge in [-0.2, -0.15) is 0 Å². The third-order valence-corrected chi connectivity index (χ3v) is 3.19. The molecule has 0 aromatic carbocycles. The van der Waals surface area contributed by atoms with E-state index in [4.69, 9.17) is 0 Å². The van der Waals surface area contributed by atoms with Crippen LogP contribution in [0.2, 0.25) is 0 Å². The maximum atomic E-state index is 4.19. The lowest BCUT2D eigenvalue weighted by atomic mass is 10.0. The molecule has 2 heterocycles. The van der Waals surface area contributed by atoms with Crippen molar-refractivity contribution in [2.24, 2.45) is 0 Å². The van der Waals surface area contributed by atoms with Gasteiger partial charge in [-0.3, -0.25) is 9.97 Å². The highest BCUT2D eigenvalue weighted by Crippen LogP contribution is 2.18. The van der Waals surface area contributed by atoms with Crippen molar-refractivity contribution in [2.75, 3.05) is 0 Å². The van der Waals surface area contributed by atoms with E-state index >= 15 is 0 Å². The lowest BCUT2D eigenvalue weighted by Crippen LogP contribution is -1.90. The highest BCUT2D eigenvalue weighted by molar-refractivity contribution is 5.74. The molecule has 92 valence electrons. The van der Waals surface area contributed by atoms with Crippen molar-refractivity contribution in [1.82, 2.24) is 9.97 Å². The molecule has 18 heavy (non-hydrogen) atoms. The average molecular weight is 238 g/mol. The predicted octanol–water partition coefficient (Wildman–Crippen LogP) is 3.88. The third-order valence-electron chi connectivity index (χ3n) is 3.19. The Labute approximate surface area is 108 Å². The van der Waals surface area contributed by atoms with E-state index in [2.05, 4.69) is 49.8 Å². The number of aromatic nitrogens is 2. The quantitative estimate of drug-likeness (QED) is 0.793. The van der Waals surface area contributed by atoms with Gasteiger partial charge in [0.1, 0.15) is 0 Å². The van der Waals surface area contributed by atoms with E-state index in [9.17, 15) is 0 Å². The third kappa shape index (κ3) is 2.48. The Kier molecular flexibility index (Phi) is 3.56. The van der Waals surface area contributed by atoms with E-state index in [-0.39, 0.29) is 0 Å². The van der Waals surface area contributed by atoms with Gasteiger partial charge in [-0.15, -0.1) is 0 Å². The standard InChI is InChI=1S/C16H18N2/c1-11-7-17-8-12(2)15(11)5-6-16-13(3)9-18-10-14(16)4/h5-10H,1-4H3/b6-5+. The first-order valence-electron chi connectivity index (χ1n) is 6.10. The van der Waals surface area contributed by atoms with Crippen molar-refractivity contribution in [3.63, 3.8) is 0 Å². The molecule has 0 amide bonds. The topological polar surface area (TPSA) is 25.8 Å². The van der Waals surface area contributed by atoms with E-state index in [0.29, 0.717) is 0 Å². The fourth-order valence-electron chi connectivity index (χ4n) is 2.11. The van der Waals surface area contributed by atoms with E-state index in [1.165, 1.54) is 33.4 Å². The molecule has 0 aliphatic heterocycles. The Morgan fingerprint density at radius 2 is 0.889 bits per heavy atom. The first kappa shape index (κ1) is 12.5. The summed E-state index contributed by atoms with van der Waals surface area (Å²) in [6, 6.07) is 0. The van der Waals surface area contributed by atoms with Crippen LogP contribution in [0, 0.1) is 27.7 Å². The number of aryl methyl sites for hydroxylation is 4. The number of hydrogen-bond donors (Lipinski definition) is 0. The fourth-order valence-corrected chi connectivity index (χ4v) is 2.11. The van der Waals surface area contributed by atoms with E-state index < -0.39 is 0 Å². The summed E-state index contributed by atoms with van der Waals surface area (Å²) in [5.74, 6) is 0. The summed E-state index contributed by atoms with van der Waals surface area (Å²) in [4.78, 5) is 8.38. The Morgan fingerprint density at radius 1 is 0.611 bits per heavy atom. The van der Waals surface area contributed by atoms with Crippen molar-refractivity contribution in [2.45, 2.75) is 27.7 Å². The summed E-state index contributed by atoms with van der Waals surface area (Å²) in [7, 11) is 0. The van der Waals surface area contributed by atoms with Gasteiger partial charge < -0.3 is 0 Å². The molecule has 0 aliphatic carbocycles. The van der Waals surface area contributed by atoms with Crippen LogP contribution < -0.4 is 0 Å². The molecule has 2 aromatic rings. The Balaban J connectivity index is 2.43. The van der Waals surface area contributed by atoms with Crippen LogP contribution in [0.15, 0.2) is 24.8 Å². The van der Waals surface area contributed by atoms with Crippen LogP contribution in [0.3, 0.4) is 0 Å². The molecule has 0 fully saturated rings. The Morgan fingerprint density at radius 3 is 1.17 bits per heavy atom. The van der Waals surface area contributed by atoms with Crippen molar-refractivity contribution in [3.05, 3.63) is 58.2 Å². The zero-order valence-corrected chi connectivity index (χ0v) is 11.4. The molecule has 0 atom stereocenters. The zero-order chi connectivity index (χ0) is 13.1. The Hall–Kier alpha value is -1.96. The lowest BCUT2D eigenvalue weighted by Gasteiger charge is -2.06. The molecule has 0 saturated heterocycles. The molecular formula is C16H18N2. The number of pyridine rings is 2. The van der Waals surface area contributed by atoms with Crippen LogP contribution in [-0.4, -0.2) is 9.97 Å². The van der Waals surface area contributed by atoms with Gasteiger partial charge in [0, 0.05) is 24.8 Å². The van der Waals surface area contributed by atoms with Gasteiger partial charge in [0.15, 0.2) is 0 Å². The molecule has 2 rings (SSSR count). The van der Waals surface area contributed by atoms with E-state index in [1.807, 2.05) is 24.8 Å². The Bertz CT molecular complexity index is 504. The highest BCUT2D eigenvalue weighted by Gasteiger charge is 2.01. The molecule has 0 saturated carbocycles. The normalized spacial score (nSPS) is 11.1. The summed E-state index contributed by atoms with van der Waals surface area (Å²) in [6.07, 6.45) is 11.9. The molecule has 0 spiro atoms. The van der Waals surface area contributed by atoms with E-state index in [0.717, 1.165) is 0 Å². The largest absolute Gasteiger partial charge is 0.264 e. The summed E-state index contributed by atoms with van der Waals surface area (Å²) in [5, 5.41) is 0. The molecular weight excluding hydrogens is 220 g/mol. The highest BCUT2D eigenvalue weighted by atomic mass is 14.6. The minimum absolute atomic E-state index is 1.20. The first-order valence-corrected chi connectivity index (χ1v) is 6.10. The van der Waals surface area contributed by atoms with E-state index in [1.54, 1.807) is 0 Å². The van der Waals surface area contributed by atoms with Crippen molar-refractivity contribution in [1.29, 1.82) is 0 Å². The molecule has 0 aliphatic rings. The van der Waals surface area contributed by atoms with Crippen LogP contribution in [0.4, 0.5) is 0 Å². The lowest BCUT2D eigenvalue weighted by molar-refractivity contribution is 1.20. The second-order valence-corrected chi connectivity index (χ2v) is 4.71. The van der Waals surface area contributed by atoms with Crippen molar-refractivity contribution in [3.8, 4) is 0 Å². The van der Waals surface area contributed by atoms with Gasteiger partial charge in [0.2, 0.25) is 0 Å². The maximum Gasteiger partial charge on any atom is 0.0303 e. The van der Waals surface area contributed by atoms with Gasteiger partial charge in [0.05, 0.1) is 0 Å². The second-order valence-electron chi connectivity index (χ2n) is 4.71. The van der Waals surface area contributed by atoms with Crippen LogP contribution in [0.25, 0.3) is 12.2 Å². The van der Waals surface area contributed by atoms with Crippen molar-refractivity contribution < 1.29 is 0 Å². The molecule has 0 radical (unpaired) electrons. The molecule has 2 nitrogen and oxygen atoms in total. The molecule has 0 N–H and O–H groups in total. The molecule has 0 unspecified atom stereocenters. The predicted molar refractivity (Wildman–Crippen MR) is 76.4 cm³/mol. The number of nitrogens with zero attached hydrogens (tertiary/aromatic N) is 2. The summed E-state index contributed by atoms with van der Waals surface area (Å²) < 4.78 is 0. The maximum absolute atomic E-state index is 4.19.